The van der Waals surface area contributed by atoms with Gasteiger partial charge in [-0.05, 0) is 29.8 Å². The minimum atomic E-state index is -0.423. The Morgan fingerprint density at radius 3 is 2.56 bits per heavy atom. The Hall–Kier alpha value is -1.74. The Morgan fingerprint density at radius 2 is 1.89 bits per heavy atom. The summed E-state index contributed by atoms with van der Waals surface area (Å²) in [5.41, 5.74) is 1.44. The third-order valence-corrected chi connectivity index (χ3v) is 2.89. The van der Waals surface area contributed by atoms with Gasteiger partial charge >= 0.3 is 0 Å². The van der Waals surface area contributed by atoms with Crippen LogP contribution in [0.5, 0.6) is 5.75 Å². The molecule has 2 aromatic rings. The predicted molar refractivity (Wildman–Crippen MR) is 71.7 cm³/mol. The Morgan fingerprint density at radius 1 is 1.17 bits per heavy atom. The molecule has 0 saturated carbocycles. The highest BCUT2D eigenvalue weighted by Gasteiger charge is 2.05. The minimum Gasteiger partial charge on any atom is -0.497 e. The molecular formula is C14H13ClFNO. The lowest BCUT2D eigenvalue weighted by atomic mass is 10.2. The number of methoxy groups -OCH3 is 1. The number of rotatable bonds is 4. The van der Waals surface area contributed by atoms with Gasteiger partial charge < -0.3 is 10.1 Å². The summed E-state index contributed by atoms with van der Waals surface area (Å²) in [5.74, 6) is 0.375. The van der Waals surface area contributed by atoms with Crippen LogP contribution in [0.2, 0.25) is 5.02 Å². The quantitative estimate of drug-likeness (QED) is 0.899. The van der Waals surface area contributed by atoms with E-state index < -0.39 is 5.82 Å². The summed E-state index contributed by atoms with van der Waals surface area (Å²) in [5, 5.41) is 3.13. The molecule has 2 aromatic carbocycles. The Labute approximate surface area is 110 Å². The predicted octanol–water partition coefficient (Wildman–Crippen LogP) is 4.10. The van der Waals surface area contributed by atoms with Crippen LogP contribution in [0.3, 0.4) is 0 Å². The van der Waals surface area contributed by atoms with Crippen molar-refractivity contribution in [2.75, 3.05) is 12.4 Å². The molecule has 0 atom stereocenters. The number of ether oxygens (including phenoxy) is 1. The maximum Gasteiger partial charge on any atom is 0.164 e. The highest BCUT2D eigenvalue weighted by atomic mass is 35.5. The maximum absolute atomic E-state index is 13.6. The SMILES string of the molecule is COc1ccc(CNc2cccc(Cl)c2F)cc1. The van der Waals surface area contributed by atoms with E-state index in [1.807, 2.05) is 24.3 Å². The van der Waals surface area contributed by atoms with Gasteiger partial charge in [-0.25, -0.2) is 4.39 Å². The average molecular weight is 266 g/mol. The van der Waals surface area contributed by atoms with Gasteiger partial charge in [0, 0.05) is 6.54 Å². The van der Waals surface area contributed by atoms with Gasteiger partial charge in [0.2, 0.25) is 0 Å². The largest absolute Gasteiger partial charge is 0.497 e. The fourth-order valence-corrected chi connectivity index (χ4v) is 1.76. The van der Waals surface area contributed by atoms with Gasteiger partial charge in [-0.3, -0.25) is 0 Å². The molecule has 2 rings (SSSR count). The summed E-state index contributed by atoms with van der Waals surface area (Å²) >= 11 is 5.70. The van der Waals surface area contributed by atoms with Gasteiger partial charge in [0.25, 0.3) is 0 Å². The van der Waals surface area contributed by atoms with E-state index in [1.165, 1.54) is 6.07 Å². The van der Waals surface area contributed by atoms with Crippen LogP contribution in [0.1, 0.15) is 5.56 Å². The van der Waals surface area contributed by atoms with E-state index in [0.29, 0.717) is 12.2 Å². The van der Waals surface area contributed by atoms with Crippen LogP contribution in [-0.2, 0) is 6.54 Å². The molecule has 0 saturated heterocycles. The number of nitrogens with one attached hydrogen (secondary N) is 1. The van der Waals surface area contributed by atoms with E-state index in [-0.39, 0.29) is 5.02 Å². The lowest BCUT2D eigenvalue weighted by molar-refractivity contribution is 0.414. The second-order valence-corrected chi connectivity index (χ2v) is 4.21. The van der Waals surface area contributed by atoms with Gasteiger partial charge in [0.15, 0.2) is 5.82 Å². The summed E-state index contributed by atoms with van der Waals surface area (Å²) < 4.78 is 18.7. The van der Waals surface area contributed by atoms with Crippen molar-refractivity contribution in [2.24, 2.45) is 0 Å². The first-order valence-corrected chi connectivity index (χ1v) is 5.89. The Balaban J connectivity index is 2.04. The molecule has 0 bridgehead atoms. The molecule has 1 N–H and O–H groups in total. The second-order valence-electron chi connectivity index (χ2n) is 3.80. The first-order chi connectivity index (χ1) is 8.70. The molecule has 18 heavy (non-hydrogen) atoms. The van der Waals surface area contributed by atoms with E-state index in [9.17, 15) is 4.39 Å². The Bertz CT molecular complexity index is 528. The van der Waals surface area contributed by atoms with Gasteiger partial charge in [0.1, 0.15) is 5.75 Å². The molecule has 0 aromatic heterocycles. The number of hydrogen-bond acceptors (Lipinski definition) is 2. The van der Waals surface area contributed by atoms with Crippen molar-refractivity contribution in [3.05, 3.63) is 58.9 Å². The van der Waals surface area contributed by atoms with Gasteiger partial charge in [0.05, 0.1) is 17.8 Å². The molecule has 0 radical (unpaired) electrons. The molecule has 0 aliphatic rings. The van der Waals surface area contributed by atoms with E-state index in [2.05, 4.69) is 5.32 Å². The molecule has 0 heterocycles. The van der Waals surface area contributed by atoms with Crippen LogP contribution < -0.4 is 10.1 Å². The molecule has 0 spiro atoms. The van der Waals surface area contributed by atoms with Gasteiger partial charge in [-0.1, -0.05) is 29.8 Å². The number of benzene rings is 2. The van der Waals surface area contributed by atoms with Crippen molar-refractivity contribution in [1.82, 2.24) is 0 Å². The zero-order valence-corrected chi connectivity index (χ0v) is 10.7. The molecule has 0 aliphatic heterocycles. The number of halogens is 2. The zero-order valence-electron chi connectivity index (χ0n) is 9.91. The first-order valence-electron chi connectivity index (χ1n) is 5.51. The van der Waals surface area contributed by atoms with Crippen LogP contribution in [0.25, 0.3) is 0 Å². The second kappa shape index (κ2) is 5.74. The molecule has 94 valence electrons. The first kappa shape index (κ1) is 12.7. The van der Waals surface area contributed by atoms with Crippen molar-refractivity contribution < 1.29 is 9.13 Å². The number of hydrogen-bond donors (Lipinski definition) is 1. The molecule has 0 amide bonds. The van der Waals surface area contributed by atoms with Crippen molar-refractivity contribution in [3.63, 3.8) is 0 Å². The minimum absolute atomic E-state index is 0.120. The summed E-state index contributed by atoms with van der Waals surface area (Å²) in [7, 11) is 1.62. The third kappa shape index (κ3) is 2.93. The van der Waals surface area contributed by atoms with Gasteiger partial charge in [-0.15, -0.1) is 0 Å². The van der Waals surface area contributed by atoms with E-state index in [4.69, 9.17) is 16.3 Å². The lowest BCUT2D eigenvalue weighted by Gasteiger charge is -2.09. The van der Waals surface area contributed by atoms with Gasteiger partial charge in [-0.2, -0.15) is 0 Å². The molecular weight excluding hydrogens is 253 g/mol. The molecule has 2 nitrogen and oxygen atoms in total. The van der Waals surface area contributed by atoms with E-state index in [0.717, 1.165) is 11.3 Å². The summed E-state index contributed by atoms with van der Waals surface area (Å²) in [6, 6.07) is 12.5. The summed E-state index contributed by atoms with van der Waals surface area (Å²) in [6.45, 7) is 0.529. The highest BCUT2D eigenvalue weighted by Crippen LogP contribution is 2.22. The third-order valence-electron chi connectivity index (χ3n) is 2.59. The van der Waals surface area contributed by atoms with Crippen LogP contribution in [0.15, 0.2) is 42.5 Å². The smallest absolute Gasteiger partial charge is 0.164 e. The van der Waals surface area contributed by atoms with Crippen LogP contribution in [0, 0.1) is 5.82 Å². The maximum atomic E-state index is 13.6. The molecule has 0 aliphatic carbocycles. The monoisotopic (exact) mass is 265 g/mol. The van der Waals surface area contributed by atoms with Crippen LogP contribution >= 0.6 is 11.6 Å². The van der Waals surface area contributed by atoms with E-state index in [1.54, 1.807) is 19.2 Å². The lowest BCUT2D eigenvalue weighted by Crippen LogP contribution is -2.01. The molecule has 0 fully saturated rings. The molecule has 4 heteroatoms. The number of anilines is 1. The van der Waals surface area contributed by atoms with E-state index >= 15 is 0 Å². The average Bonchev–Trinajstić information content (AvgIpc) is 2.41. The van der Waals surface area contributed by atoms with Crippen molar-refractivity contribution in [3.8, 4) is 5.75 Å². The highest BCUT2D eigenvalue weighted by molar-refractivity contribution is 6.31. The standard InChI is InChI=1S/C14H13ClFNO/c1-18-11-7-5-10(6-8-11)9-17-13-4-2-3-12(15)14(13)16/h2-8,17H,9H2,1H3. The van der Waals surface area contributed by atoms with Crippen LogP contribution in [0.4, 0.5) is 10.1 Å². The van der Waals surface area contributed by atoms with Crippen molar-refractivity contribution >= 4 is 17.3 Å². The fraction of sp³-hybridized carbons (Fsp3) is 0.143. The normalized spacial score (nSPS) is 10.2. The Kier molecular flexibility index (Phi) is 4.05. The molecule has 0 unspecified atom stereocenters. The van der Waals surface area contributed by atoms with Crippen molar-refractivity contribution in [1.29, 1.82) is 0 Å². The van der Waals surface area contributed by atoms with Crippen LogP contribution in [-0.4, -0.2) is 7.11 Å². The fourth-order valence-electron chi connectivity index (χ4n) is 1.58. The summed E-state index contributed by atoms with van der Waals surface area (Å²) in [4.78, 5) is 0. The van der Waals surface area contributed by atoms with Crippen molar-refractivity contribution in [2.45, 2.75) is 6.54 Å². The topological polar surface area (TPSA) is 21.3 Å². The summed E-state index contributed by atoms with van der Waals surface area (Å²) in [6.07, 6.45) is 0. The zero-order chi connectivity index (χ0) is 13.0.